The summed E-state index contributed by atoms with van der Waals surface area (Å²) in [4.78, 5) is 54.8. The highest BCUT2D eigenvalue weighted by molar-refractivity contribution is 8.13. The molecule has 5 N–H and O–H groups in total. The Morgan fingerprint density at radius 3 is 1.37 bits per heavy atom. The Balaban J connectivity index is 0.000000955. The number of aliphatic hydroxyl groups excluding tert-OH is 1. The lowest BCUT2D eigenvalue weighted by molar-refractivity contribution is -0.129. The molecule has 0 radical (unpaired) electrons. The number of carbonyl (C=O) groups is 4. The zero-order valence-corrected chi connectivity index (χ0v) is 36.8. The van der Waals surface area contributed by atoms with Crippen molar-refractivity contribution in [2.75, 3.05) is 65.9 Å². The van der Waals surface area contributed by atoms with Crippen molar-refractivity contribution in [1.82, 2.24) is 21.6 Å². The van der Waals surface area contributed by atoms with Gasteiger partial charge in [0.1, 0.15) is 11.2 Å². The molecule has 2 aromatic rings. The van der Waals surface area contributed by atoms with Crippen molar-refractivity contribution in [1.29, 1.82) is 0 Å². The van der Waals surface area contributed by atoms with E-state index in [2.05, 4.69) is 15.5 Å². The van der Waals surface area contributed by atoms with E-state index in [1.807, 2.05) is 24.8 Å². The molecule has 23 heteroatoms. The Morgan fingerprint density at radius 1 is 0.610 bits per heavy atom. The quantitative estimate of drug-likeness (QED) is 0.0553. The molecule has 4 amide bonds. The van der Waals surface area contributed by atoms with E-state index in [4.69, 9.17) is 43.8 Å². The van der Waals surface area contributed by atoms with Crippen LogP contribution in [0.15, 0.2) is 58.3 Å². The van der Waals surface area contributed by atoms with Gasteiger partial charge in [0.25, 0.3) is 19.2 Å². The van der Waals surface area contributed by atoms with Crippen molar-refractivity contribution >= 4 is 53.9 Å². The molecule has 20 nitrogen and oxygen atoms in total. The number of aryl methyl sites for hydroxylation is 2. The first-order valence-corrected chi connectivity index (χ1v) is 21.5. The van der Waals surface area contributed by atoms with E-state index in [1.54, 1.807) is 65.8 Å². The average Bonchev–Trinajstić information content (AvgIpc) is 3.10. The summed E-state index contributed by atoms with van der Waals surface area (Å²) < 4.78 is 70.2. The molecule has 0 aromatic heterocycles. The Hall–Kier alpha value is -4.13. The van der Waals surface area contributed by atoms with Gasteiger partial charge in [-0.1, -0.05) is 35.4 Å². The fraction of sp³-hybridized carbons (Fsp3) is 0.556. The van der Waals surface area contributed by atoms with Crippen LogP contribution in [-0.2, 0) is 61.6 Å². The van der Waals surface area contributed by atoms with E-state index in [-0.39, 0.29) is 56.0 Å². The van der Waals surface area contributed by atoms with Crippen LogP contribution in [0.3, 0.4) is 0 Å². The predicted octanol–water partition coefficient (Wildman–Crippen LogP) is 2.78. The van der Waals surface area contributed by atoms with Crippen LogP contribution in [0.25, 0.3) is 0 Å². The molecule has 0 saturated heterocycles. The molecule has 0 fully saturated rings. The largest absolute Gasteiger partial charge is 0.442 e. The van der Waals surface area contributed by atoms with Crippen LogP contribution >= 0.6 is 10.7 Å². The van der Waals surface area contributed by atoms with Crippen LogP contribution in [0, 0.1) is 13.8 Å². The maximum absolute atomic E-state index is 12.0. The minimum Gasteiger partial charge on any atom is -0.442 e. The van der Waals surface area contributed by atoms with Crippen LogP contribution in [0.2, 0.25) is 0 Å². The molecule has 0 aliphatic heterocycles. The molecule has 0 bridgehead atoms. The summed E-state index contributed by atoms with van der Waals surface area (Å²) in [6.45, 7) is 14.2. The Morgan fingerprint density at radius 2 is 1.00 bits per heavy atom. The molecule has 2 rings (SSSR count). The van der Waals surface area contributed by atoms with Gasteiger partial charge in [-0.25, -0.2) is 18.0 Å². The van der Waals surface area contributed by atoms with Gasteiger partial charge in [0.15, 0.2) is 13.2 Å². The maximum atomic E-state index is 12.0. The Bertz CT molecular complexity index is 1770. The van der Waals surface area contributed by atoms with Crippen molar-refractivity contribution in [3.8, 4) is 0 Å². The second-order valence-corrected chi connectivity index (χ2v) is 18.0. The summed E-state index contributed by atoms with van der Waals surface area (Å²) >= 11 is 0. The molecule has 2 aromatic carbocycles. The topological polar surface area (TPSA) is 270 Å². The molecule has 0 atom stereocenters. The minimum atomic E-state index is -3.82. The second kappa shape index (κ2) is 28.4. The van der Waals surface area contributed by atoms with Gasteiger partial charge in [-0.3, -0.25) is 23.4 Å². The van der Waals surface area contributed by atoms with Gasteiger partial charge in [0, 0.05) is 23.8 Å². The van der Waals surface area contributed by atoms with E-state index < -0.39 is 61.0 Å². The van der Waals surface area contributed by atoms with E-state index in [1.165, 1.54) is 24.3 Å². The van der Waals surface area contributed by atoms with Crippen molar-refractivity contribution in [2.45, 2.75) is 76.4 Å². The highest BCUT2D eigenvalue weighted by Crippen LogP contribution is 2.15. The summed E-state index contributed by atoms with van der Waals surface area (Å²) in [7, 11) is -2.29. The predicted molar refractivity (Wildman–Crippen MR) is 214 cm³/mol. The third kappa shape index (κ3) is 31.5. The molecule has 0 heterocycles. The number of benzene rings is 2. The first kappa shape index (κ1) is 54.9. The van der Waals surface area contributed by atoms with Crippen LogP contribution in [0.5, 0.6) is 0 Å². The molecule has 336 valence electrons. The minimum absolute atomic E-state index is 0.0393. The monoisotopic (exact) mass is 900 g/mol. The van der Waals surface area contributed by atoms with Gasteiger partial charge in [-0.2, -0.15) is 19.4 Å². The number of carbonyl (C=O) groups excluding carboxylic acids is 4. The molecule has 0 aliphatic carbocycles. The number of amides is 4. The Kier molecular flexibility index (Phi) is 26.4. The van der Waals surface area contributed by atoms with E-state index in [9.17, 15) is 36.0 Å². The molecule has 0 saturated carbocycles. The third-order valence-corrected chi connectivity index (χ3v) is 8.66. The number of hydrogen-bond donors (Lipinski definition) is 5. The number of nitrogens with one attached hydrogen (secondary N) is 4. The van der Waals surface area contributed by atoms with Gasteiger partial charge in [0.2, 0.25) is 11.8 Å². The van der Waals surface area contributed by atoms with E-state index in [0.717, 1.165) is 11.1 Å². The van der Waals surface area contributed by atoms with Crippen molar-refractivity contribution in [2.24, 2.45) is 0 Å². The summed E-state index contributed by atoms with van der Waals surface area (Å²) in [6.07, 6.45) is -1.55. The van der Waals surface area contributed by atoms with Crippen LogP contribution in [0.4, 0.5) is 9.59 Å². The van der Waals surface area contributed by atoms with Crippen LogP contribution in [0.1, 0.15) is 52.7 Å². The van der Waals surface area contributed by atoms with Crippen molar-refractivity contribution in [3.63, 3.8) is 0 Å². The molecular formula is C36H57ClN4O16S2. The lowest BCUT2D eigenvalue weighted by Gasteiger charge is -2.19. The van der Waals surface area contributed by atoms with Gasteiger partial charge in [0.05, 0.1) is 49.4 Å². The molecular weight excluding hydrogens is 844 g/mol. The lowest BCUT2D eigenvalue weighted by atomic mass is 10.2. The summed E-state index contributed by atoms with van der Waals surface area (Å²) in [5.74, 6) is -0.869. The number of hydrogen-bond acceptors (Lipinski definition) is 16. The second-order valence-electron chi connectivity index (χ2n) is 13.8. The molecule has 0 unspecified atom stereocenters. The number of hydroxylamine groups is 2. The Labute approximate surface area is 350 Å². The fourth-order valence-electron chi connectivity index (χ4n) is 3.49. The van der Waals surface area contributed by atoms with E-state index >= 15 is 0 Å². The zero-order valence-electron chi connectivity index (χ0n) is 34.5. The SMILES string of the molecule is CC(C)(C)OC(=O)NOCC(=O)NCCOCCO.Cc1ccc(S(=O)(=O)Cl)cc1.Cc1ccc(S(=O)(=O)OCCOCCNC(=O)CONC(=O)OC(C)(C)C)cc1. The van der Waals surface area contributed by atoms with Gasteiger partial charge >= 0.3 is 12.2 Å². The third-order valence-electron chi connectivity index (χ3n) is 5.97. The highest BCUT2D eigenvalue weighted by Gasteiger charge is 2.18. The lowest BCUT2D eigenvalue weighted by Crippen LogP contribution is -2.37. The number of rotatable bonds is 20. The van der Waals surface area contributed by atoms with Gasteiger partial charge in [-0.15, -0.1) is 0 Å². The van der Waals surface area contributed by atoms with Gasteiger partial charge in [-0.05, 0) is 79.7 Å². The number of aliphatic hydroxyl groups is 1. The molecule has 0 aliphatic rings. The zero-order chi connectivity index (χ0) is 45.1. The van der Waals surface area contributed by atoms with E-state index in [0.29, 0.717) is 13.2 Å². The molecule has 59 heavy (non-hydrogen) atoms. The van der Waals surface area contributed by atoms with Crippen LogP contribution in [-0.4, -0.2) is 123 Å². The van der Waals surface area contributed by atoms with Crippen molar-refractivity contribution in [3.05, 3.63) is 59.7 Å². The summed E-state index contributed by atoms with van der Waals surface area (Å²) in [5, 5.41) is 13.4. The normalized spacial score (nSPS) is 11.4. The number of halogens is 1. The number of ether oxygens (including phenoxy) is 4. The highest BCUT2D eigenvalue weighted by atomic mass is 35.7. The van der Waals surface area contributed by atoms with Crippen LogP contribution < -0.4 is 21.6 Å². The summed E-state index contributed by atoms with van der Waals surface area (Å²) in [5.41, 5.74) is 4.64. The fourth-order valence-corrected chi connectivity index (χ4v) is 5.15. The standard InChI is InChI=1S/C18H28N2O8S.C11H22N2O6.C7H7ClO2S/c1-14-5-7-15(8-6-14)29(23,24)27-12-11-25-10-9-19-16(21)13-26-20-17(22)28-18(2,3)4;1-11(2,3)19-10(16)13-18-8-9(15)12-4-6-17-7-5-14;1-6-2-4-7(5-3-6)11(8,9)10/h5-8H,9-13H2,1-4H3,(H,19,21)(H,20,22);14H,4-8H2,1-3H3,(H,12,15)(H,13,16);2-5H,1H3. The average molecular weight is 901 g/mol. The smallest absolute Gasteiger partial charge is 0.431 e. The first-order chi connectivity index (χ1) is 27.3. The summed E-state index contributed by atoms with van der Waals surface area (Å²) in [6, 6.07) is 12.7. The molecule has 0 spiro atoms. The maximum Gasteiger partial charge on any atom is 0.431 e. The first-order valence-electron chi connectivity index (χ1n) is 17.8. The van der Waals surface area contributed by atoms with Gasteiger partial charge < -0.3 is 34.7 Å². The van der Waals surface area contributed by atoms with Crippen molar-refractivity contribution < 1.29 is 73.9 Å².